The van der Waals surface area contributed by atoms with E-state index in [0.29, 0.717) is 5.82 Å². The van der Waals surface area contributed by atoms with Crippen molar-refractivity contribution in [1.29, 1.82) is 0 Å². The summed E-state index contributed by atoms with van der Waals surface area (Å²) >= 11 is 0. The standard InChI is InChI=1S/C13H22N6O2/c1-3-8-9(5-14)13(18-17-10(8)4-2)19(6-11(15)20)7-12(16)21/h3-7,14H2,1-2H3,(H2,15,20)(H2,16,21). The van der Waals surface area contributed by atoms with Crippen LogP contribution in [0.5, 0.6) is 0 Å². The predicted octanol–water partition coefficient (Wildman–Crippen LogP) is -1.16. The van der Waals surface area contributed by atoms with Gasteiger partial charge in [0.25, 0.3) is 0 Å². The van der Waals surface area contributed by atoms with Crippen molar-refractivity contribution in [2.45, 2.75) is 33.2 Å². The van der Waals surface area contributed by atoms with Crippen LogP contribution < -0.4 is 22.1 Å². The third-order valence-corrected chi connectivity index (χ3v) is 3.13. The lowest BCUT2D eigenvalue weighted by atomic mass is 10.0. The van der Waals surface area contributed by atoms with Crippen molar-refractivity contribution in [3.63, 3.8) is 0 Å². The summed E-state index contributed by atoms with van der Waals surface area (Å²) in [5.74, 6) is -0.776. The van der Waals surface area contributed by atoms with Gasteiger partial charge in [-0.3, -0.25) is 9.59 Å². The molecule has 116 valence electrons. The van der Waals surface area contributed by atoms with E-state index in [9.17, 15) is 9.59 Å². The van der Waals surface area contributed by atoms with Gasteiger partial charge in [0.05, 0.1) is 18.8 Å². The van der Waals surface area contributed by atoms with Gasteiger partial charge >= 0.3 is 0 Å². The average molecular weight is 294 g/mol. The number of aryl methyl sites for hydroxylation is 1. The maximum absolute atomic E-state index is 11.2. The Morgan fingerprint density at radius 2 is 1.57 bits per heavy atom. The second-order valence-corrected chi connectivity index (χ2v) is 4.63. The molecule has 8 heteroatoms. The zero-order chi connectivity index (χ0) is 16.0. The molecule has 0 aromatic carbocycles. The van der Waals surface area contributed by atoms with Gasteiger partial charge in [0, 0.05) is 12.1 Å². The second-order valence-electron chi connectivity index (χ2n) is 4.63. The Kier molecular flexibility index (Phi) is 6.04. The minimum Gasteiger partial charge on any atom is -0.368 e. The lowest BCUT2D eigenvalue weighted by molar-refractivity contribution is -0.117. The molecule has 0 bridgehead atoms. The second kappa shape index (κ2) is 7.53. The minimum absolute atomic E-state index is 0.167. The number of hydrogen-bond donors (Lipinski definition) is 3. The van der Waals surface area contributed by atoms with Crippen LogP contribution in [0.1, 0.15) is 30.7 Å². The van der Waals surface area contributed by atoms with Crippen molar-refractivity contribution >= 4 is 17.6 Å². The van der Waals surface area contributed by atoms with E-state index in [1.807, 2.05) is 13.8 Å². The third kappa shape index (κ3) is 4.12. The average Bonchev–Trinajstić information content (AvgIpc) is 2.43. The fraction of sp³-hybridized carbons (Fsp3) is 0.538. The van der Waals surface area contributed by atoms with E-state index in [0.717, 1.165) is 29.7 Å². The van der Waals surface area contributed by atoms with Gasteiger partial charge in [0.15, 0.2) is 5.82 Å². The first-order valence-corrected chi connectivity index (χ1v) is 6.83. The number of amides is 2. The number of aromatic nitrogens is 2. The van der Waals surface area contributed by atoms with E-state index in [1.165, 1.54) is 4.90 Å². The van der Waals surface area contributed by atoms with Gasteiger partial charge in [-0.1, -0.05) is 13.8 Å². The summed E-state index contributed by atoms with van der Waals surface area (Å²) in [6.45, 7) is 3.87. The van der Waals surface area contributed by atoms with Gasteiger partial charge in [-0.05, 0) is 18.4 Å². The van der Waals surface area contributed by atoms with E-state index in [4.69, 9.17) is 17.2 Å². The van der Waals surface area contributed by atoms with Gasteiger partial charge in [0.1, 0.15) is 0 Å². The van der Waals surface area contributed by atoms with Crippen LogP contribution in [0, 0.1) is 0 Å². The highest BCUT2D eigenvalue weighted by molar-refractivity contribution is 5.84. The monoisotopic (exact) mass is 294 g/mol. The SMILES string of the molecule is CCc1nnc(N(CC(N)=O)CC(N)=O)c(CN)c1CC. The number of primary amides is 2. The normalized spacial score (nSPS) is 10.4. The fourth-order valence-corrected chi connectivity index (χ4v) is 2.29. The first-order chi connectivity index (χ1) is 9.94. The molecule has 0 saturated heterocycles. The summed E-state index contributed by atoms with van der Waals surface area (Å²) in [7, 11) is 0. The highest BCUT2D eigenvalue weighted by Gasteiger charge is 2.21. The van der Waals surface area contributed by atoms with Crippen LogP contribution in [0.4, 0.5) is 5.82 Å². The van der Waals surface area contributed by atoms with E-state index in [2.05, 4.69) is 10.2 Å². The summed E-state index contributed by atoms with van der Waals surface area (Å²) < 4.78 is 0. The number of carbonyl (C=O) groups is 2. The maximum atomic E-state index is 11.2. The molecule has 2 amide bonds. The summed E-state index contributed by atoms with van der Waals surface area (Å²) in [6, 6.07) is 0. The molecule has 21 heavy (non-hydrogen) atoms. The number of hydrogen-bond acceptors (Lipinski definition) is 6. The molecule has 0 radical (unpaired) electrons. The summed E-state index contributed by atoms with van der Waals surface area (Å²) in [6.07, 6.45) is 1.47. The Labute approximate surface area is 123 Å². The molecule has 1 aromatic rings. The molecule has 0 fully saturated rings. The van der Waals surface area contributed by atoms with Gasteiger partial charge < -0.3 is 22.1 Å². The molecule has 1 rings (SSSR count). The van der Waals surface area contributed by atoms with E-state index in [1.54, 1.807) is 0 Å². The molecule has 6 N–H and O–H groups in total. The van der Waals surface area contributed by atoms with Gasteiger partial charge in [-0.15, -0.1) is 5.10 Å². The number of nitrogens with zero attached hydrogens (tertiary/aromatic N) is 3. The van der Waals surface area contributed by atoms with Gasteiger partial charge in [0.2, 0.25) is 11.8 Å². The number of carbonyl (C=O) groups excluding carboxylic acids is 2. The van der Waals surface area contributed by atoms with Crippen LogP contribution in [0.15, 0.2) is 0 Å². The molecule has 0 spiro atoms. The largest absolute Gasteiger partial charge is 0.368 e. The zero-order valence-corrected chi connectivity index (χ0v) is 12.4. The van der Waals surface area contributed by atoms with Crippen LogP contribution in [0.25, 0.3) is 0 Å². The van der Waals surface area contributed by atoms with Crippen molar-refractivity contribution in [1.82, 2.24) is 10.2 Å². The van der Waals surface area contributed by atoms with Crippen molar-refractivity contribution in [3.8, 4) is 0 Å². The van der Waals surface area contributed by atoms with Crippen LogP contribution in [0.3, 0.4) is 0 Å². The Bertz CT molecular complexity index is 516. The first-order valence-electron chi connectivity index (χ1n) is 6.83. The quantitative estimate of drug-likeness (QED) is 0.552. The molecule has 1 heterocycles. The smallest absolute Gasteiger partial charge is 0.237 e. The molecule has 0 saturated carbocycles. The lowest BCUT2D eigenvalue weighted by Crippen LogP contribution is -2.41. The van der Waals surface area contributed by atoms with Crippen LogP contribution in [0.2, 0.25) is 0 Å². The predicted molar refractivity (Wildman–Crippen MR) is 79.3 cm³/mol. The zero-order valence-electron chi connectivity index (χ0n) is 12.4. The number of rotatable bonds is 8. The van der Waals surface area contributed by atoms with Crippen molar-refractivity contribution in [2.24, 2.45) is 17.2 Å². The Hall–Kier alpha value is -2.22. The topological polar surface area (TPSA) is 141 Å². The van der Waals surface area contributed by atoms with Crippen molar-refractivity contribution < 1.29 is 9.59 Å². The highest BCUT2D eigenvalue weighted by Crippen LogP contribution is 2.23. The first kappa shape index (κ1) is 16.8. The molecular formula is C13H22N6O2. The minimum atomic E-state index is -0.585. The van der Waals surface area contributed by atoms with Crippen molar-refractivity contribution in [2.75, 3.05) is 18.0 Å². The van der Waals surface area contributed by atoms with Crippen LogP contribution >= 0.6 is 0 Å². The molecule has 0 aliphatic rings. The molecule has 0 aliphatic heterocycles. The van der Waals surface area contributed by atoms with E-state index in [-0.39, 0.29) is 19.6 Å². The Balaban J connectivity index is 3.35. The fourth-order valence-electron chi connectivity index (χ4n) is 2.29. The molecular weight excluding hydrogens is 272 g/mol. The summed E-state index contributed by atoms with van der Waals surface area (Å²) in [5, 5.41) is 8.28. The molecule has 8 nitrogen and oxygen atoms in total. The van der Waals surface area contributed by atoms with E-state index < -0.39 is 11.8 Å². The molecule has 1 aromatic heterocycles. The lowest BCUT2D eigenvalue weighted by Gasteiger charge is -2.24. The van der Waals surface area contributed by atoms with Crippen molar-refractivity contribution in [3.05, 3.63) is 16.8 Å². The van der Waals surface area contributed by atoms with E-state index >= 15 is 0 Å². The van der Waals surface area contributed by atoms with Gasteiger partial charge in [-0.2, -0.15) is 5.10 Å². The van der Waals surface area contributed by atoms with Crippen LogP contribution in [-0.4, -0.2) is 35.1 Å². The summed E-state index contributed by atoms with van der Waals surface area (Å²) in [5.41, 5.74) is 18.9. The Morgan fingerprint density at radius 1 is 1.00 bits per heavy atom. The highest BCUT2D eigenvalue weighted by atomic mass is 16.2. The Morgan fingerprint density at radius 3 is 1.95 bits per heavy atom. The number of nitrogens with two attached hydrogens (primary N) is 3. The van der Waals surface area contributed by atoms with Crippen LogP contribution in [-0.2, 0) is 29.0 Å². The summed E-state index contributed by atoms with van der Waals surface area (Å²) in [4.78, 5) is 23.8. The molecule has 0 aliphatic carbocycles. The molecule has 0 unspecified atom stereocenters. The number of anilines is 1. The maximum Gasteiger partial charge on any atom is 0.237 e. The van der Waals surface area contributed by atoms with Gasteiger partial charge in [-0.25, -0.2) is 0 Å². The third-order valence-electron chi connectivity index (χ3n) is 3.13. The molecule has 0 atom stereocenters.